The van der Waals surface area contributed by atoms with Crippen molar-refractivity contribution in [2.24, 2.45) is 5.73 Å². The second kappa shape index (κ2) is 5.36. The molecule has 19 heavy (non-hydrogen) atoms. The molecule has 0 bridgehead atoms. The number of carbonyl (C=O) groups excluding carboxylic acids is 1. The zero-order valence-electron chi connectivity index (χ0n) is 10.1. The van der Waals surface area contributed by atoms with Crippen LogP contribution in [0.1, 0.15) is 28.7 Å². The maximum absolute atomic E-state index is 11.2. The molecule has 102 valence electrons. The van der Waals surface area contributed by atoms with Crippen LogP contribution in [0.3, 0.4) is 0 Å². The Morgan fingerprint density at radius 1 is 1.74 bits per heavy atom. The summed E-state index contributed by atoms with van der Waals surface area (Å²) in [4.78, 5) is 11.2. The average Bonchev–Trinajstić information content (AvgIpc) is 2.93. The Kier molecular flexibility index (Phi) is 3.80. The normalized spacial score (nSPS) is 26.3. The van der Waals surface area contributed by atoms with Crippen LogP contribution in [0.2, 0.25) is 0 Å². The quantitative estimate of drug-likeness (QED) is 0.619. The molecule has 0 spiro atoms. The van der Waals surface area contributed by atoms with Gasteiger partial charge in [-0.15, -0.1) is 0 Å². The van der Waals surface area contributed by atoms with E-state index >= 15 is 0 Å². The zero-order valence-corrected chi connectivity index (χ0v) is 10.1. The Morgan fingerprint density at radius 2 is 2.47 bits per heavy atom. The second-order valence-corrected chi connectivity index (χ2v) is 4.28. The van der Waals surface area contributed by atoms with Crippen LogP contribution >= 0.6 is 0 Å². The van der Waals surface area contributed by atoms with E-state index in [2.05, 4.69) is 5.10 Å². The number of amides is 1. The summed E-state index contributed by atoms with van der Waals surface area (Å²) in [7, 11) is 0. The molecule has 2 rings (SSSR count). The maximum atomic E-state index is 11.2. The summed E-state index contributed by atoms with van der Waals surface area (Å²) in [5.74, 6) is -0.672. The lowest BCUT2D eigenvalue weighted by Crippen LogP contribution is -2.24. The number of nitrogens with two attached hydrogens (primary N) is 1. The van der Waals surface area contributed by atoms with Crippen LogP contribution in [-0.4, -0.2) is 44.7 Å². The summed E-state index contributed by atoms with van der Waals surface area (Å²) in [5, 5.41) is 31.4. The van der Waals surface area contributed by atoms with Crippen LogP contribution in [-0.2, 0) is 11.2 Å². The van der Waals surface area contributed by atoms with E-state index in [0.717, 1.165) is 0 Å². The Hall–Kier alpha value is -1.95. The third kappa shape index (κ3) is 2.58. The minimum atomic E-state index is -0.796. The zero-order chi connectivity index (χ0) is 14.0. The molecule has 1 fully saturated rings. The number of hydrogen-bond donors (Lipinski definition) is 3. The van der Waals surface area contributed by atoms with Crippen LogP contribution in [0.25, 0.3) is 0 Å². The Bertz CT molecular complexity index is 521. The Balaban J connectivity index is 2.25. The van der Waals surface area contributed by atoms with Gasteiger partial charge in [-0.05, 0) is 0 Å². The average molecular weight is 266 g/mol. The first-order valence-electron chi connectivity index (χ1n) is 5.76. The third-order valence-electron chi connectivity index (χ3n) is 3.00. The smallest absolute Gasteiger partial charge is 0.252 e. The van der Waals surface area contributed by atoms with Crippen LogP contribution in [0.5, 0.6) is 0 Å². The minimum absolute atomic E-state index is 0.0377. The number of nitrogens with zero attached hydrogens (tertiary/aromatic N) is 3. The highest BCUT2D eigenvalue weighted by Crippen LogP contribution is 2.28. The monoisotopic (exact) mass is 266 g/mol. The lowest BCUT2D eigenvalue weighted by atomic mass is 10.2. The first-order chi connectivity index (χ1) is 9.06. The molecule has 8 nitrogen and oxygen atoms in total. The van der Waals surface area contributed by atoms with Crippen molar-refractivity contribution in [1.82, 2.24) is 9.78 Å². The van der Waals surface area contributed by atoms with Crippen LogP contribution in [0.4, 0.5) is 0 Å². The Morgan fingerprint density at radius 3 is 3.00 bits per heavy atom. The first-order valence-corrected chi connectivity index (χ1v) is 5.76. The van der Waals surface area contributed by atoms with Gasteiger partial charge in [-0.1, -0.05) is 0 Å². The molecule has 8 heteroatoms. The third-order valence-corrected chi connectivity index (χ3v) is 3.00. The van der Waals surface area contributed by atoms with Gasteiger partial charge in [0.15, 0.2) is 6.23 Å². The summed E-state index contributed by atoms with van der Waals surface area (Å²) in [6.07, 6.45) is -0.452. The molecular weight excluding hydrogens is 252 g/mol. The van der Waals surface area contributed by atoms with Crippen molar-refractivity contribution in [1.29, 1.82) is 5.26 Å². The van der Waals surface area contributed by atoms with Crippen molar-refractivity contribution in [3.05, 3.63) is 17.5 Å². The van der Waals surface area contributed by atoms with Gasteiger partial charge in [0.2, 0.25) is 0 Å². The van der Waals surface area contributed by atoms with Crippen LogP contribution in [0, 0.1) is 11.3 Å². The fourth-order valence-corrected chi connectivity index (χ4v) is 2.03. The van der Waals surface area contributed by atoms with Gasteiger partial charge in [0.25, 0.3) is 5.91 Å². The molecule has 1 amide bonds. The summed E-state index contributed by atoms with van der Waals surface area (Å²) in [6, 6.07) is 1.90. The molecule has 4 N–H and O–H groups in total. The molecule has 0 radical (unpaired) electrons. The van der Waals surface area contributed by atoms with E-state index in [4.69, 9.17) is 20.8 Å². The fourth-order valence-electron chi connectivity index (χ4n) is 2.03. The molecule has 3 atom stereocenters. The molecule has 0 aromatic carbocycles. The molecule has 0 saturated carbocycles. The van der Waals surface area contributed by atoms with Gasteiger partial charge in [-0.25, -0.2) is 4.68 Å². The van der Waals surface area contributed by atoms with Gasteiger partial charge >= 0.3 is 0 Å². The van der Waals surface area contributed by atoms with Gasteiger partial charge in [0.05, 0.1) is 36.5 Å². The van der Waals surface area contributed by atoms with Crippen molar-refractivity contribution < 1.29 is 19.7 Å². The lowest BCUT2D eigenvalue weighted by Gasteiger charge is -2.11. The molecule has 2 heterocycles. The molecule has 1 aliphatic rings. The number of ether oxygens (including phenoxy) is 1. The lowest BCUT2D eigenvalue weighted by molar-refractivity contribution is -0.0485. The van der Waals surface area contributed by atoms with E-state index < -0.39 is 24.3 Å². The maximum Gasteiger partial charge on any atom is 0.252 e. The van der Waals surface area contributed by atoms with E-state index in [9.17, 15) is 9.90 Å². The second-order valence-electron chi connectivity index (χ2n) is 4.28. The predicted molar refractivity (Wildman–Crippen MR) is 61.7 cm³/mol. The minimum Gasteiger partial charge on any atom is -0.394 e. The number of aromatic nitrogens is 2. The van der Waals surface area contributed by atoms with Gasteiger partial charge in [0, 0.05) is 12.6 Å². The van der Waals surface area contributed by atoms with Crippen LogP contribution < -0.4 is 5.73 Å². The number of primary amides is 1. The highest BCUT2D eigenvalue weighted by Gasteiger charge is 2.35. The highest BCUT2D eigenvalue weighted by molar-refractivity contribution is 5.93. The van der Waals surface area contributed by atoms with E-state index in [-0.39, 0.29) is 30.7 Å². The summed E-state index contributed by atoms with van der Waals surface area (Å²) >= 11 is 0. The predicted octanol–water partition coefficient (Wildman–Crippen LogP) is -1.31. The fraction of sp³-hybridized carbons (Fsp3) is 0.545. The number of aliphatic hydroxyl groups excluding tert-OH is 2. The van der Waals surface area contributed by atoms with E-state index in [0.29, 0.717) is 0 Å². The molecule has 1 aromatic rings. The SMILES string of the molecule is N#CCc1nn([C@H]2C[C@H](O)[C@@H](CO)O2)cc1C(N)=O. The number of rotatable bonds is 4. The number of aliphatic hydroxyl groups is 2. The largest absolute Gasteiger partial charge is 0.394 e. The molecule has 0 unspecified atom stereocenters. The van der Waals surface area contributed by atoms with E-state index in [1.807, 2.05) is 6.07 Å². The Labute approximate surface area is 109 Å². The van der Waals surface area contributed by atoms with Crippen molar-refractivity contribution in [2.45, 2.75) is 31.3 Å². The summed E-state index contributed by atoms with van der Waals surface area (Å²) in [5.41, 5.74) is 5.64. The molecule has 0 aliphatic carbocycles. The summed E-state index contributed by atoms with van der Waals surface area (Å²) < 4.78 is 6.75. The number of nitriles is 1. The van der Waals surface area contributed by atoms with Crippen molar-refractivity contribution in [2.75, 3.05) is 6.61 Å². The molecule has 1 saturated heterocycles. The van der Waals surface area contributed by atoms with Gasteiger partial charge in [-0.3, -0.25) is 4.79 Å². The van der Waals surface area contributed by atoms with Gasteiger partial charge in [0.1, 0.15) is 6.10 Å². The topological polar surface area (TPSA) is 134 Å². The standard InChI is InChI=1S/C11H14N4O4/c12-2-1-7-6(11(13)18)4-15(14-7)10-3-8(17)9(5-16)19-10/h4,8-10,16-17H,1,3,5H2,(H2,13,18)/t8-,9+,10+/m0/s1. The number of hydrogen-bond acceptors (Lipinski definition) is 6. The first kappa shape index (κ1) is 13.5. The number of carbonyl (C=O) groups is 1. The molecule has 1 aromatic heterocycles. The van der Waals surface area contributed by atoms with E-state index in [1.165, 1.54) is 10.9 Å². The van der Waals surface area contributed by atoms with Crippen molar-refractivity contribution >= 4 is 5.91 Å². The van der Waals surface area contributed by atoms with Crippen molar-refractivity contribution in [3.8, 4) is 6.07 Å². The van der Waals surface area contributed by atoms with Crippen molar-refractivity contribution in [3.63, 3.8) is 0 Å². The van der Waals surface area contributed by atoms with Crippen LogP contribution in [0.15, 0.2) is 6.20 Å². The van der Waals surface area contributed by atoms with Gasteiger partial charge < -0.3 is 20.7 Å². The molecular formula is C11H14N4O4. The van der Waals surface area contributed by atoms with Gasteiger partial charge in [-0.2, -0.15) is 10.4 Å². The molecule has 1 aliphatic heterocycles. The summed E-state index contributed by atoms with van der Waals surface area (Å²) in [6.45, 7) is -0.299. The van der Waals surface area contributed by atoms with E-state index in [1.54, 1.807) is 0 Å². The highest BCUT2D eigenvalue weighted by atomic mass is 16.5.